The Morgan fingerprint density at radius 2 is 1.50 bits per heavy atom. The van der Waals surface area contributed by atoms with Gasteiger partial charge < -0.3 is 0 Å². The molecule has 0 amide bonds. The molecule has 0 fully saturated rings. The van der Waals surface area contributed by atoms with Gasteiger partial charge in [0.05, 0.1) is 6.61 Å². The molecule has 1 atom stereocenters. The van der Waals surface area contributed by atoms with Gasteiger partial charge in [0.25, 0.3) is 0 Å². The van der Waals surface area contributed by atoms with Crippen LogP contribution in [0.15, 0.2) is 0 Å². The summed E-state index contributed by atoms with van der Waals surface area (Å²) in [5, 5.41) is 9.11. The summed E-state index contributed by atoms with van der Waals surface area (Å²) in [6, 6.07) is 0. The molecular formula is C12H26O4. The standard InChI is InChI=1S/C12H26O4/c1-9(2)8-13-15-16-14-11(10(3)4)12(5,6)7/h9-11H,8H2,1-7H3. The van der Waals surface area contributed by atoms with Crippen molar-refractivity contribution in [2.45, 2.75) is 54.6 Å². The van der Waals surface area contributed by atoms with E-state index in [1.807, 2.05) is 13.8 Å². The summed E-state index contributed by atoms with van der Waals surface area (Å²) in [5.74, 6) is 0.737. The van der Waals surface area contributed by atoms with Crippen LogP contribution in [0.5, 0.6) is 0 Å². The van der Waals surface area contributed by atoms with E-state index in [4.69, 9.17) is 9.78 Å². The lowest BCUT2D eigenvalue weighted by Crippen LogP contribution is -2.34. The van der Waals surface area contributed by atoms with Gasteiger partial charge in [0, 0.05) is 0 Å². The molecular weight excluding hydrogens is 208 g/mol. The minimum Gasteiger partial charge on any atom is -0.204 e. The first kappa shape index (κ1) is 15.8. The first-order valence-electron chi connectivity index (χ1n) is 5.86. The molecule has 0 N–H and O–H groups in total. The fourth-order valence-electron chi connectivity index (χ4n) is 1.50. The molecule has 0 spiro atoms. The molecule has 16 heavy (non-hydrogen) atoms. The second-order valence-corrected chi connectivity index (χ2v) is 5.94. The van der Waals surface area contributed by atoms with Crippen molar-refractivity contribution in [3.05, 3.63) is 0 Å². The fourth-order valence-corrected chi connectivity index (χ4v) is 1.50. The molecule has 0 bridgehead atoms. The molecule has 0 heterocycles. The number of hydrogen-bond donors (Lipinski definition) is 0. The lowest BCUT2D eigenvalue weighted by Gasteiger charge is -2.31. The van der Waals surface area contributed by atoms with Crippen molar-refractivity contribution in [3.63, 3.8) is 0 Å². The van der Waals surface area contributed by atoms with E-state index in [9.17, 15) is 0 Å². The molecule has 4 nitrogen and oxygen atoms in total. The molecule has 98 valence electrons. The highest BCUT2D eigenvalue weighted by atomic mass is 17.7. The summed E-state index contributed by atoms with van der Waals surface area (Å²) < 4.78 is 0. The van der Waals surface area contributed by atoms with Crippen LogP contribution in [0.1, 0.15) is 48.5 Å². The van der Waals surface area contributed by atoms with Crippen LogP contribution < -0.4 is 0 Å². The molecule has 1 unspecified atom stereocenters. The van der Waals surface area contributed by atoms with Crippen LogP contribution in [0.3, 0.4) is 0 Å². The third kappa shape index (κ3) is 7.17. The molecule has 0 aliphatic heterocycles. The predicted octanol–water partition coefficient (Wildman–Crippen LogP) is 3.52. The second-order valence-electron chi connectivity index (χ2n) is 5.94. The van der Waals surface area contributed by atoms with E-state index in [2.05, 4.69) is 44.7 Å². The quantitative estimate of drug-likeness (QED) is 0.383. The van der Waals surface area contributed by atoms with Crippen LogP contribution in [0.25, 0.3) is 0 Å². The highest BCUT2D eigenvalue weighted by Crippen LogP contribution is 2.28. The first-order chi connectivity index (χ1) is 7.25. The van der Waals surface area contributed by atoms with Gasteiger partial charge in [-0.2, -0.15) is 4.89 Å². The van der Waals surface area contributed by atoms with E-state index in [1.165, 1.54) is 0 Å². The smallest absolute Gasteiger partial charge is 0.103 e. The maximum atomic E-state index is 5.20. The van der Waals surface area contributed by atoms with Crippen LogP contribution in [0.4, 0.5) is 0 Å². The van der Waals surface area contributed by atoms with E-state index in [0.29, 0.717) is 18.4 Å². The summed E-state index contributed by atoms with van der Waals surface area (Å²) in [6.07, 6.45) is -0.0462. The van der Waals surface area contributed by atoms with Crippen LogP contribution in [0.2, 0.25) is 0 Å². The van der Waals surface area contributed by atoms with Gasteiger partial charge in [-0.15, -0.1) is 0 Å². The lowest BCUT2D eigenvalue weighted by molar-refractivity contribution is -0.647. The average molecular weight is 234 g/mol. The van der Waals surface area contributed by atoms with Gasteiger partial charge in [-0.3, -0.25) is 0 Å². The third-order valence-electron chi connectivity index (χ3n) is 2.08. The molecule has 0 radical (unpaired) electrons. The van der Waals surface area contributed by atoms with Crippen LogP contribution in [0, 0.1) is 17.3 Å². The molecule has 0 saturated carbocycles. The molecule has 0 aromatic carbocycles. The Balaban J connectivity index is 3.79. The molecule has 0 aromatic heterocycles. The summed E-state index contributed by atoms with van der Waals surface area (Å²) in [5.41, 5.74) is -0.00439. The van der Waals surface area contributed by atoms with Crippen molar-refractivity contribution in [1.82, 2.24) is 0 Å². The zero-order chi connectivity index (χ0) is 12.8. The van der Waals surface area contributed by atoms with E-state index < -0.39 is 0 Å². The monoisotopic (exact) mass is 234 g/mol. The van der Waals surface area contributed by atoms with E-state index in [1.54, 1.807) is 0 Å². The maximum Gasteiger partial charge on any atom is 0.103 e. The fraction of sp³-hybridized carbons (Fsp3) is 1.00. The Morgan fingerprint density at radius 3 is 1.88 bits per heavy atom. The Bertz CT molecular complexity index is 172. The Labute approximate surface area is 99.0 Å². The van der Waals surface area contributed by atoms with Crippen molar-refractivity contribution in [2.24, 2.45) is 17.3 Å². The molecule has 0 rings (SSSR count). The molecule has 0 aliphatic rings. The van der Waals surface area contributed by atoms with Crippen molar-refractivity contribution < 1.29 is 19.9 Å². The van der Waals surface area contributed by atoms with Crippen LogP contribution in [-0.2, 0) is 19.9 Å². The summed E-state index contributed by atoms with van der Waals surface area (Å²) in [6.45, 7) is 15.0. The minimum atomic E-state index is -0.0462. The number of rotatable bonds is 7. The van der Waals surface area contributed by atoms with Gasteiger partial charge in [-0.1, -0.05) is 48.5 Å². The SMILES string of the molecule is CC(C)COOOOC(C(C)C)C(C)(C)C. The second kappa shape index (κ2) is 7.22. The van der Waals surface area contributed by atoms with Gasteiger partial charge >= 0.3 is 0 Å². The van der Waals surface area contributed by atoms with Crippen molar-refractivity contribution in [2.75, 3.05) is 6.61 Å². The van der Waals surface area contributed by atoms with Crippen molar-refractivity contribution in [1.29, 1.82) is 0 Å². The van der Waals surface area contributed by atoms with Gasteiger partial charge in [-0.05, 0) is 27.3 Å². The lowest BCUT2D eigenvalue weighted by atomic mass is 9.83. The third-order valence-corrected chi connectivity index (χ3v) is 2.08. The average Bonchev–Trinajstić information content (AvgIpc) is 2.07. The first-order valence-corrected chi connectivity index (χ1v) is 5.86. The van der Waals surface area contributed by atoms with Crippen molar-refractivity contribution >= 4 is 0 Å². The normalized spacial score (nSPS) is 14.8. The summed E-state index contributed by atoms with van der Waals surface area (Å²) >= 11 is 0. The zero-order valence-corrected chi connectivity index (χ0v) is 11.6. The molecule has 0 aromatic rings. The van der Waals surface area contributed by atoms with E-state index in [0.717, 1.165) is 0 Å². The summed E-state index contributed by atoms with van der Waals surface area (Å²) in [4.78, 5) is 9.99. The summed E-state index contributed by atoms with van der Waals surface area (Å²) in [7, 11) is 0. The van der Waals surface area contributed by atoms with Crippen LogP contribution in [-0.4, -0.2) is 12.7 Å². The van der Waals surface area contributed by atoms with Crippen LogP contribution >= 0.6 is 0 Å². The Kier molecular flexibility index (Phi) is 7.15. The zero-order valence-electron chi connectivity index (χ0n) is 11.6. The Hall–Kier alpha value is -0.160. The van der Waals surface area contributed by atoms with Gasteiger partial charge in [0.15, 0.2) is 0 Å². The van der Waals surface area contributed by atoms with Gasteiger partial charge in [0.1, 0.15) is 6.10 Å². The topological polar surface area (TPSA) is 36.9 Å². The van der Waals surface area contributed by atoms with E-state index >= 15 is 0 Å². The highest BCUT2D eigenvalue weighted by Gasteiger charge is 2.30. The predicted molar refractivity (Wildman–Crippen MR) is 62.1 cm³/mol. The molecule has 4 heteroatoms. The van der Waals surface area contributed by atoms with Gasteiger partial charge in [0.2, 0.25) is 0 Å². The largest absolute Gasteiger partial charge is 0.204 e. The Morgan fingerprint density at radius 1 is 0.938 bits per heavy atom. The molecule has 0 saturated heterocycles. The maximum absolute atomic E-state index is 5.20. The minimum absolute atomic E-state index is 0.00439. The van der Waals surface area contributed by atoms with E-state index in [-0.39, 0.29) is 11.5 Å². The number of hydrogen-bond acceptors (Lipinski definition) is 4. The highest BCUT2D eigenvalue weighted by molar-refractivity contribution is 4.75. The molecule has 0 aliphatic carbocycles. The van der Waals surface area contributed by atoms with Gasteiger partial charge in [-0.25, -0.2) is 4.89 Å². The van der Waals surface area contributed by atoms with Crippen molar-refractivity contribution in [3.8, 4) is 0 Å².